The Bertz CT molecular complexity index is 6290. The van der Waals surface area contributed by atoms with Gasteiger partial charge in [0.15, 0.2) is 0 Å². The molecule has 3 heteroatoms. The average molecular weight is 1430 g/mol. The van der Waals surface area contributed by atoms with Crippen molar-refractivity contribution in [2.45, 2.75) is 68.6 Å². The van der Waals surface area contributed by atoms with Gasteiger partial charge in [-0.1, -0.05) is 305 Å². The first kappa shape index (κ1) is 66.4. The quantitative estimate of drug-likeness (QED) is 0.115. The second kappa shape index (κ2) is 26.8. The lowest BCUT2D eigenvalue weighted by Gasteiger charge is -2.57. The van der Waals surface area contributed by atoms with E-state index in [1.807, 2.05) is 0 Å². The highest BCUT2D eigenvalue weighted by molar-refractivity contribution is 6.11. The minimum atomic E-state index is -0.581. The van der Waals surface area contributed by atoms with Crippen LogP contribution < -0.4 is 9.80 Å². The molecule has 0 amide bonds. The van der Waals surface area contributed by atoms with Gasteiger partial charge in [-0.2, -0.15) is 0 Å². The number of furan rings is 1. The number of hydrogen-bond acceptors (Lipinski definition) is 3. The number of nitrogens with zero attached hydrogens (tertiary/aromatic N) is 2. The van der Waals surface area contributed by atoms with Gasteiger partial charge < -0.3 is 14.2 Å². The molecule has 23 rings (SSSR count). The van der Waals surface area contributed by atoms with Gasteiger partial charge in [0, 0.05) is 44.6 Å². The van der Waals surface area contributed by atoms with Gasteiger partial charge in [-0.25, -0.2) is 0 Å². The van der Waals surface area contributed by atoms with Gasteiger partial charge in [0.2, 0.25) is 0 Å². The highest BCUT2D eigenvalue weighted by Crippen LogP contribution is 2.62. The van der Waals surface area contributed by atoms with Gasteiger partial charge >= 0.3 is 0 Å². The highest BCUT2D eigenvalue weighted by atomic mass is 16.3. The van der Waals surface area contributed by atoms with Crippen LogP contribution in [0.4, 0.5) is 34.1 Å². The van der Waals surface area contributed by atoms with E-state index >= 15 is 0 Å². The second-order valence-electron chi connectivity index (χ2n) is 32.5. The van der Waals surface area contributed by atoms with Gasteiger partial charge in [-0.3, -0.25) is 0 Å². The van der Waals surface area contributed by atoms with E-state index in [-0.39, 0.29) is 5.41 Å². The summed E-state index contributed by atoms with van der Waals surface area (Å²) in [4.78, 5) is 4.88. The second-order valence-corrected chi connectivity index (χ2v) is 32.5. The predicted octanol–water partition coefficient (Wildman–Crippen LogP) is 29.2. The Hall–Kier alpha value is -12.8. The van der Waals surface area contributed by atoms with E-state index in [1.54, 1.807) is 5.56 Å². The van der Waals surface area contributed by atoms with Crippen molar-refractivity contribution in [1.29, 1.82) is 0 Å². The average Bonchev–Trinajstić information content (AvgIpc) is 1.57. The fraction of sp³-hybridized carbons (Fsp3) is 0.130. The zero-order valence-electron chi connectivity index (χ0n) is 62.7. The molecular weight excluding hydrogens is 1340 g/mol. The summed E-state index contributed by atoms with van der Waals surface area (Å²) in [6, 6.07) is 141. The topological polar surface area (TPSA) is 19.6 Å². The summed E-state index contributed by atoms with van der Waals surface area (Å²) >= 11 is 0. The molecule has 0 N–H and O–H groups in total. The van der Waals surface area contributed by atoms with Crippen LogP contribution in [0.15, 0.2) is 387 Å². The van der Waals surface area contributed by atoms with Crippen LogP contribution in [-0.4, -0.2) is 0 Å². The van der Waals surface area contributed by atoms with E-state index in [0.717, 1.165) is 73.6 Å². The lowest BCUT2D eigenvalue weighted by Crippen LogP contribution is -2.48. The molecule has 1 heterocycles. The lowest BCUT2D eigenvalue weighted by atomic mass is 9.48. The zero-order valence-corrected chi connectivity index (χ0v) is 62.7. The summed E-state index contributed by atoms with van der Waals surface area (Å²) in [6.07, 6.45) is 8.74. The van der Waals surface area contributed by atoms with Crippen LogP contribution in [0.2, 0.25) is 0 Å². The molecule has 0 saturated heterocycles. The van der Waals surface area contributed by atoms with Crippen molar-refractivity contribution in [3.8, 4) is 66.8 Å². The van der Waals surface area contributed by atoms with Crippen LogP contribution in [-0.2, 0) is 16.2 Å². The summed E-state index contributed by atoms with van der Waals surface area (Å²) in [7, 11) is 0. The molecule has 0 radical (unpaired) electrons. The van der Waals surface area contributed by atoms with Crippen molar-refractivity contribution >= 4 is 66.8 Å². The summed E-state index contributed by atoms with van der Waals surface area (Å²) in [6.45, 7) is 4.73. The molecular formula is C108H84N2O. The molecule has 0 spiro atoms. The Balaban J connectivity index is 0.000000143. The Morgan fingerprint density at radius 2 is 0.667 bits per heavy atom. The molecule has 16 aromatic carbocycles. The maximum absolute atomic E-state index is 6.42. The van der Waals surface area contributed by atoms with E-state index < -0.39 is 5.41 Å². The predicted molar refractivity (Wildman–Crippen MR) is 463 cm³/mol. The van der Waals surface area contributed by atoms with Crippen molar-refractivity contribution in [2.75, 3.05) is 9.80 Å². The van der Waals surface area contributed by atoms with Gasteiger partial charge in [-0.05, 0) is 269 Å². The molecule has 0 atom stereocenters. The number of rotatable bonds is 13. The standard InChI is InChI=1S/C59H39NO.C49H45N/c1-3-16-40(17-4-1)41-30-33-47(34-31-41)60(48-23-15-20-42(36-48)45-32-35-57-51(38-45)52-37-43-18-7-8-19-44(43)39-58(52)61-57)56-29-14-13-28-55(56)59(46-21-5-2-6-22-46)53-26-11-9-24-49(53)50-25-10-12-27-54(50)59;1-48(2)46-11-7-6-10-44(46)45-25-24-43(29-47(45)48)50(41-20-14-38(15-21-41)36-8-4-3-5-9-36)42-22-16-39(17-23-42)37-12-18-40(19-13-37)49-30-33-26-34(31-49)28-35(27-33)32-49/h1-39H;3-25,29,33-35H,26-28,30-32H2,1-2H3. The fourth-order valence-electron chi connectivity index (χ4n) is 21.0. The third-order valence-corrected chi connectivity index (χ3v) is 25.8. The highest BCUT2D eigenvalue weighted by Gasteiger charge is 2.52. The molecule has 6 aliphatic rings. The number of fused-ring (bicyclic) bond motifs is 10. The third-order valence-electron chi connectivity index (χ3n) is 25.8. The van der Waals surface area contributed by atoms with Gasteiger partial charge in [0.25, 0.3) is 0 Å². The van der Waals surface area contributed by atoms with Crippen molar-refractivity contribution in [3.05, 3.63) is 421 Å². The molecule has 111 heavy (non-hydrogen) atoms. The van der Waals surface area contributed by atoms with Crippen molar-refractivity contribution in [3.63, 3.8) is 0 Å². The minimum Gasteiger partial charge on any atom is -0.456 e. The van der Waals surface area contributed by atoms with Crippen LogP contribution in [0, 0.1) is 17.8 Å². The van der Waals surface area contributed by atoms with E-state index in [4.69, 9.17) is 4.42 Å². The molecule has 6 aliphatic carbocycles. The van der Waals surface area contributed by atoms with Crippen LogP contribution >= 0.6 is 0 Å². The van der Waals surface area contributed by atoms with Gasteiger partial charge in [0.1, 0.15) is 11.2 Å². The van der Waals surface area contributed by atoms with Gasteiger partial charge in [0.05, 0.1) is 11.1 Å². The van der Waals surface area contributed by atoms with Crippen LogP contribution in [0.5, 0.6) is 0 Å². The molecule has 4 bridgehead atoms. The number of anilines is 6. The maximum Gasteiger partial charge on any atom is 0.136 e. The molecule has 4 saturated carbocycles. The first-order chi connectivity index (χ1) is 54.7. The Morgan fingerprint density at radius 1 is 0.261 bits per heavy atom. The van der Waals surface area contributed by atoms with Crippen LogP contribution in [0.3, 0.4) is 0 Å². The molecule has 0 aliphatic heterocycles. The number of para-hydroxylation sites is 1. The monoisotopic (exact) mass is 1420 g/mol. The Kier molecular flexibility index (Phi) is 16.0. The molecule has 1 aromatic heterocycles. The molecule has 532 valence electrons. The molecule has 4 fully saturated rings. The first-order valence-electron chi connectivity index (χ1n) is 39.8. The normalized spacial score (nSPS) is 17.7. The summed E-state index contributed by atoms with van der Waals surface area (Å²) in [5.41, 5.74) is 32.7. The van der Waals surface area contributed by atoms with Gasteiger partial charge in [-0.15, -0.1) is 0 Å². The number of hydrogen-bond donors (Lipinski definition) is 0. The lowest BCUT2D eigenvalue weighted by molar-refractivity contribution is -0.00518. The van der Waals surface area contributed by atoms with Crippen LogP contribution in [0.25, 0.3) is 99.5 Å². The van der Waals surface area contributed by atoms with E-state index in [0.29, 0.717) is 5.41 Å². The Labute approximate surface area is 651 Å². The number of benzene rings is 16. The summed E-state index contributed by atoms with van der Waals surface area (Å²) < 4.78 is 6.42. The largest absolute Gasteiger partial charge is 0.456 e. The summed E-state index contributed by atoms with van der Waals surface area (Å²) in [5.74, 6) is 2.91. The van der Waals surface area contributed by atoms with Crippen molar-refractivity contribution < 1.29 is 4.42 Å². The minimum absolute atomic E-state index is 0.0586. The Morgan fingerprint density at radius 3 is 1.24 bits per heavy atom. The van der Waals surface area contributed by atoms with E-state index in [1.165, 1.54) is 150 Å². The zero-order chi connectivity index (χ0) is 73.8. The molecule has 0 unspecified atom stereocenters. The third kappa shape index (κ3) is 11.3. The molecule has 17 aromatic rings. The maximum atomic E-state index is 6.42. The SMILES string of the molecule is CC1(C)c2ccccc2-c2ccc(N(c3ccc(-c4ccccc4)cc3)c3ccc(-c4ccc(C56CC7CC(CC(C7)C5)C6)cc4)cc3)cc21.c1ccc(-c2ccc(N(c3cccc(-c4ccc5oc6cc7ccccc7cc6c5c4)c3)c3ccccc3C3(c4ccccc4)c4ccccc4-c4ccccc43)cc2)cc1. The van der Waals surface area contributed by atoms with Crippen molar-refractivity contribution in [2.24, 2.45) is 17.8 Å². The van der Waals surface area contributed by atoms with E-state index in [9.17, 15) is 0 Å². The molecule has 3 nitrogen and oxygen atoms in total. The van der Waals surface area contributed by atoms with E-state index in [2.05, 4.69) is 406 Å². The first-order valence-corrected chi connectivity index (χ1v) is 39.8. The smallest absolute Gasteiger partial charge is 0.136 e. The summed E-state index contributed by atoms with van der Waals surface area (Å²) in [5, 5.41) is 4.63. The fourth-order valence-corrected chi connectivity index (χ4v) is 21.0. The van der Waals surface area contributed by atoms with Crippen LogP contribution in [0.1, 0.15) is 91.3 Å². The van der Waals surface area contributed by atoms with Crippen molar-refractivity contribution in [1.82, 2.24) is 0 Å².